The number of hydrogen-bond acceptors (Lipinski definition) is 0. The number of benzene rings is 8. The molecule has 0 spiro atoms. The zero-order chi connectivity index (χ0) is 32.1. The van der Waals surface area contributed by atoms with Gasteiger partial charge >= 0.3 is 0 Å². The summed E-state index contributed by atoms with van der Waals surface area (Å²) < 4.78 is 7.34. The molecule has 0 aliphatic rings. The smallest absolute Gasteiger partial charge is 0.0562 e. The Balaban J connectivity index is 1.27. The highest BCUT2D eigenvalue weighted by Crippen LogP contribution is 2.42. The molecule has 0 amide bonds. The third kappa shape index (κ3) is 3.67. The second-order valence-corrected chi connectivity index (χ2v) is 13.0. The van der Waals surface area contributed by atoms with Crippen LogP contribution in [-0.2, 0) is 0 Å². The molecule has 0 atom stereocenters. The van der Waals surface area contributed by atoms with Gasteiger partial charge in [-0.1, -0.05) is 109 Å². The molecule has 0 aliphatic heterocycles. The monoisotopic (exact) mass is 623 g/mol. The third-order valence-electron chi connectivity index (χ3n) is 10.4. The van der Waals surface area contributed by atoms with Crippen molar-refractivity contribution < 1.29 is 0 Å². The molecular formula is C46H29N3. The molecule has 11 rings (SSSR count). The fourth-order valence-electron chi connectivity index (χ4n) is 8.33. The summed E-state index contributed by atoms with van der Waals surface area (Å²) in [6.07, 6.45) is 0. The lowest BCUT2D eigenvalue weighted by Crippen LogP contribution is -1.97. The molecule has 0 radical (unpaired) electrons. The average molecular weight is 624 g/mol. The maximum atomic E-state index is 2.50. The molecule has 0 saturated carbocycles. The van der Waals surface area contributed by atoms with Crippen LogP contribution in [0.25, 0.3) is 93.3 Å². The summed E-state index contributed by atoms with van der Waals surface area (Å²) in [4.78, 5) is 0. The van der Waals surface area contributed by atoms with Crippen LogP contribution in [0.1, 0.15) is 0 Å². The van der Waals surface area contributed by atoms with Crippen molar-refractivity contribution in [1.29, 1.82) is 0 Å². The summed E-state index contributed by atoms with van der Waals surface area (Å²) in [7, 11) is 0. The number of para-hydroxylation sites is 4. The van der Waals surface area contributed by atoms with Gasteiger partial charge in [-0.05, 0) is 77.5 Å². The number of aromatic nitrogens is 3. The molecule has 0 saturated heterocycles. The van der Waals surface area contributed by atoms with Crippen molar-refractivity contribution in [3.05, 3.63) is 176 Å². The summed E-state index contributed by atoms with van der Waals surface area (Å²) >= 11 is 0. The fourth-order valence-corrected chi connectivity index (χ4v) is 8.33. The Hall–Kier alpha value is -6.58. The van der Waals surface area contributed by atoms with Crippen LogP contribution in [0.2, 0.25) is 0 Å². The maximum Gasteiger partial charge on any atom is 0.0562 e. The zero-order valence-electron chi connectivity index (χ0n) is 26.6. The van der Waals surface area contributed by atoms with Gasteiger partial charge in [0.25, 0.3) is 0 Å². The second kappa shape index (κ2) is 9.96. The van der Waals surface area contributed by atoms with Gasteiger partial charge in [-0.3, -0.25) is 0 Å². The second-order valence-electron chi connectivity index (χ2n) is 13.0. The van der Waals surface area contributed by atoms with Crippen molar-refractivity contribution in [2.75, 3.05) is 0 Å². The van der Waals surface area contributed by atoms with E-state index in [1.165, 1.54) is 93.3 Å². The minimum atomic E-state index is 1.17. The summed E-state index contributed by atoms with van der Waals surface area (Å²) in [6, 6.07) is 64.2. The van der Waals surface area contributed by atoms with E-state index in [0.29, 0.717) is 0 Å². The van der Waals surface area contributed by atoms with Crippen molar-refractivity contribution in [3.63, 3.8) is 0 Å². The number of fused-ring (bicyclic) bond motifs is 10. The molecular weight excluding hydrogens is 595 g/mol. The maximum absolute atomic E-state index is 2.50. The summed E-state index contributed by atoms with van der Waals surface area (Å²) in [5.41, 5.74) is 10.8. The van der Waals surface area contributed by atoms with Gasteiger partial charge in [0.05, 0.1) is 38.8 Å². The van der Waals surface area contributed by atoms with Crippen LogP contribution in [0, 0.1) is 0 Å². The van der Waals surface area contributed by atoms with Crippen molar-refractivity contribution in [1.82, 2.24) is 13.7 Å². The first-order valence-electron chi connectivity index (χ1n) is 16.9. The summed E-state index contributed by atoms with van der Waals surface area (Å²) in [6.45, 7) is 0. The molecule has 0 aliphatic carbocycles. The van der Waals surface area contributed by atoms with E-state index in [9.17, 15) is 0 Å². The molecule has 3 nitrogen and oxygen atoms in total. The normalized spacial score (nSPS) is 12.1. The lowest BCUT2D eigenvalue weighted by atomic mass is 10.1. The van der Waals surface area contributed by atoms with Gasteiger partial charge in [-0.2, -0.15) is 0 Å². The Kier molecular flexibility index (Phi) is 5.38. The lowest BCUT2D eigenvalue weighted by Gasteiger charge is -2.12. The Morgan fingerprint density at radius 2 is 0.796 bits per heavy atom. The van der Waals surface area contributed by atoms with E-state index in [0.717, 1.165) is 0 Å². The van der Waals surface area contributed by atoms with Gasteiger partial charge in [0.15, 0.2) is 0 Å². The largest absolute Gasteiger partial charge is 0.309 e. The topological polar surface area (TPSA) is 14.8 Å². The van der Waals surface area contributed by atoms with E-state index in [2.05, 4.69) is 190 Å². The van der Waals surface area contributed by atoms with Crippen molar-refractivity contribution in [2.45, 2.75) is 0 Å². The quantitative estimate of drug-likeness (QED) is 0.186. The molecule has 3 heteroatoms. The minimum absolute atomic E-state index is 1.17. The van der Waals surface area contributed by atoms with E-state index < -0.39 is 0 Å². The molecule has 0 fully saturated rings. The molecule has 8 aromatic carbocycles. The average Bonchev–Trinajstić information content (AvgIpc) is 3.79. The zero-order valence-corrected chi connectivity index (χ0v) is 26.6. The SMILES string of the molecule is c1ccc(-n2c3ccccc3c3cc4c(cc32)c2ccccc2n4-c2cccc3c2c2ccccc2n3-c2ccc3ccccc3c2)cc1. The predicted octanol–water partition coefficient (Wildman–Crippen LogP) is 12.1. The van der Waals surface area contributed by atoms with E-state index in [1.54, 1.807) is 0 Å². The molecule has 0 bridgehead atoms. The van der Waals surface area contributed by atoms with Gasteiger partial charge < -0.3 is 13.7 Å². The number of nitrogens with zero attached hydrogens (tertiary/aromatic N) is 3. The summed E-state index contributed by atoms with van der Waals surface area (Å²) in [5, 5.41) is 9.99. The Labute approximate surface area is 282 Å². The van der Waals surface area contributed by atoms with E-state index >= 15 is 0 Å². The number of hydrogen-bond donors (Lipinski definition) is 0. The Bertz CT molecular complexity index is 3100. The van der Waals surface area contributed by atoms with Crippen LogP contribution in [0.15, 0.2) is 176 Å². The first kappa shape index (κ1) is 26.5. The van der Waals surface area contributed by atoms with E-state index in [1.807, 2.05) is 0 Å². The lowest BCUT2D eigenvalue weighted by molar-refractivity contribution is 1.17. The van der Waals surface area contributed by atoms with E-state index in [-0.39, 0.29) is 0 Å². The Morgan fingerprint density at radius 3 is 1.53 bits per heavy atom. The van der Waals surface area contributed by atoms with Crippen LogP contribution in [0.5, 0.6) is 0 Å². The highest BCUT2D eigenvalue weighted by atomic mass is 15.0. The highest BCUT2D eigenvalue weighted by Gasteiger charge is 2.21. The van der Waals surface area contributed by atoms with Gasteiger partial charge in [0.1, 0.15) is 0 Å². The first-order chi connectivity index (χ1) is 24.3. The molecule has 3 heterocycles. The molecule has 0 N–H and O–H groups in total. The van der Waals surface area contributed by atoms with Crippen molar-refractivity contribution in [3.8, 4) is 17.1 Å². The molecule has 228 valence electrons. The van der Waals surface area contributed by atoms with Crippen LogP contribution < -0.4 is 0 Å². The fraction of sp³-hybridized carbons (Fsp3) is 0. The van der Waals surface area contributed by atoms with Crippen LogP contribution >= 0.6 is 0 Å². The molecule has 49 heavy (non-hydrogen) atoms. The van der Waals surface area contributed by atoms with Crippen LogP contribution in [0.3, 0.4) is 0 Å². The van der Waals surface area contributed by atoms with Crippen LogP contribution in [-0.4, -0.2) is 13.7 Å². The van der Waals surface area contributed by atoms with Crippen molar-refractivity contribution >= 4 is 76.2 Å². The minimum Gasteiger partial charge on any atom is -0.309 e. The van der Waals surface area contributed by atoms with Gasteiger partial charge in [0.2, 0.25) is 0 Å². The molecule has 3 aromatic heterocycles. The number of rotatable bonds is 3. The first-order valence-corrected chi connectivity index (χ1v) is 16.9. The predicted molar refractivity (Wildman–Crippen MR) is 207 cm³/mol. The van der Waals surface area contributed by atoms with E-state index in [4.69, 9.17) is 0 Å². The standard InChI is InChI=1S/C46H29N3/c1-2-15-32(16-3-1)47-39-20-9-6-17-34(39)37-29-45-38(28-44(37)47)35-18-7-10-21-40(35)49(45)43-24-12-23-42-46(43)36-19-8-11-22-41(36)48(42)33-26-25-30-13-4-5-14-31(30)27-33/h1-29H. The molecule has 0 unspecified atom stereocenters. The van der Waals surface area contributed by atoms with Gasteiger partial charge in [0, 0.05) is 43.7 Å². The third-order valence-corrected chi connectivity index (χ3v) is 10.4. The van der Waals surface area contributed by atoms with Gasteiger partial charge in [-0.25, -0.2) is 0 Å². The highest BCUT2D eigenvalue weighted by molar-refractivity contribution is 6.21. The van der Waals surface area contributed by atoms with Gasteiger partial charge in [-0.15, -0.1) is 0 Å². The van der Waals surface area contributed by atoms with Crippen LogP contribution in [0.4, 0.5) is 0 Å². The summed E-state index contributed by atoms with van der Waals surface area (Å²) in [5.74, 6) is 0. The molecule has 11 aromatic rings. The Morgan fingerprint density at radius 1 is 0.265 bits per heavy atom. The van der Waals surface area contributed by atoms with Crippen molar-refractivity contribution in [2.24, 2.45) is 0 Å².